The third kappa shape index (κ3) is 10.1. The smallest absolute Gasteiger partial charge is 0.341 e. The predicted molar refractivity (Wildman–Crippen MR) is 97.7 cm³/mol. The van der Waals surface area contributed by atoms with Crippen LogP contribution in [0.3, 0.4) is 0 Å². The molecule has 0 aliphatic heterocycles. The van der Waals surface area contributed by atoms with Crippen molar-refractivity contribution in [1.82, 2.24) is 15.7 Å². The normalized spacial score (nSPS) is 11.4. The highest BCUT2D eigenvalue weighted by Gasteiger charge is 2.23. The molecule has 29 heavy (non-hydrogen) atoms. The van der Waals surface area contributed by atoms with Crippen molar-refractivity contribution in [3.05, 3.63) is 35.6 Å². The average molecular weight is 413 g/mol. The van der Waals surface area contributed by atoms with Gasteiger partial charge in [0.1, 0.15) is 18.4 Å². The number of benzene rings is 1. The van der Waals surface area contributed by atoms with Gasteiger partial charge in [-0.15, -0.1) is 0 Å². The van der Waals surface area contributed by atoms with Gasteiger partial charge in [0, 0.05) is 13.0 Å². The molecule has 1 atom stereocenters. The summed E-state index contributed by atoms with van der Waals surface area (Å²) in [7, 11) is 0. The maximum absolute atomic E-state index is 12.8. The molecule has 0 aromatic heterocycles. The number of amides is 3. The fourth-order valence-electron chi connectivity index (χ4n) is 2.36. The molecule has 5 N–H and O–H groups in total. The fourth-order valence-corrected chi connectivity index (χ4v) is 2.36. The topological polar surface area (TPSA) is 156 Å². The van der Waals surface area contributed by atoms with Crippen LogP contribution in [0.15, 0.2) is 24.3 Å². The molecule has 10 nitrogen and oxygen atoms in total. The summed E-state index contributed by atoms with van der Waals surface area (Å²) in [5.41, 5.74) is 0.953. The third-order valence-corrected chi connectivity index (χ3v) is 3.89. The molecule has 0 bridgehead atoms. The van der Waals surface area contributed by atoms with Crippen LogP contribution in [0.4, 0.5) is 9.18 Å². The summed E-state index contributed by atoms with van der Waals surface area (Å²) in [5.74, 6) is -3.90. The van der Waals surface area contributed by atoms with Gasteiger partial charge in [-0.25, -0.2) is 14.0 Å². The number of carboxylic acids is 2. The monoisotopic (exact) mass is 413 g/mol. The van der Waals surface area contributed by atoms with Crippen LogP contribution in [0.5, 0.6) is 0 Å². The van der Waals surface area contributed by atoms with Gasteiger partial charge in [0.25, 0.3) is 0 Å². The summed E-state index contributed by atoms with van der Waals surface area (Å²) in [6.45, 7) is -0.576. The molecule has 0 radical (unpaired) electrons. The summed E-state index contributed by atoms with van der Waals surface area (Å²) in [4.78, 5) is 45.0. The molecule has 11 heteroatoms. The Morgan fingerprint density at radius 1 is 1.07 bits per heavy atom. The Morgan fingerprint density at radius 3 is 2.31 bits per heavy atom. The highest BCUT2D eigenvalue weighted by molar-refractivity contribution is 5.87. The highest BCUT2D eigenvalue weighted by Crippen LogP contribution is 2.06. The molecule has 0 spiro atoms. The summed E-state index contributed by atoms with van der Waals surface area (Å²) >= 11 is 0. The molecule has 0 heterocycles. The van der Waals surface area contributed by atoms with Gasteiger partial charge >= 0.3 is 18.0 Å². The maximum atomic E-state index is 12.8. The number of hydrogen-bond acceptors (Lipinski definition) is 5. The molecular weight excluding hydrogens is 389 g/mol. The Labute approximate surface area is 166 Å². The first kappa shape index (κ1) is 23.8. The number of unbranched alkanes of at least 4 members (excludes halogenated alkanes) is 1. The maximum Gasteiger partial charge on any atom is 0.341 e. The SMILES string of the molecule is O=C(O)CC[C@H](NC(=O)CN(O)C(=O)NCCCCc1ccc(F)cc1)C(=O)O. The van der Waals surface area contributed by atoms with E-state index in [0.29, 0.717) is 19.3 Å². The summed E-state index contributed by atoms with van der Waals surface area (Å²) in [5, 5.41) is 31.7. The van der Waals surface area contributed by atoms with Crippen molar-refractivity contribution >= 4 is 23.9 Å². The van der Waals surface area contributed by atoms with E-state index >= 15 is 0 Å². The van der Waals surface area contributed by atoms with Crippen LogP contribution in [0, 0.1) is 5.82 Å². The highest BCUT2D eigenvalue weighted by atomic mass is 19.1. The minimum atomic E-state index is -1.44. The number of aryl methyl sites for hydroxylation is 1. The zero-order chi connectivity index (χ0) is 21.8. The number of rotatable bonds is 12. The largest absolute Gasteiger partial charge is 0.481 e. The predicted octanol–water partition coefficient (Wildman–Crippen LogP) is 0.983. The Balaban J connectivity index is 2.27. The molecule has 0 aliphatic carbocycles. The number of nitrogens with one attached hydrogen (secondary N) is 2. The van der Waals surface area contributed by atoms with E-state index in [0.717, 1.165) is 5.56 Å². The molecule has 0 aliphatic rings. The van der Waals surface area contributed by atoms with Crippen molar-refractivity contribution in [2.24, 2.45) is 0 Å². The molecule has 160 valence electrons. The summed E-state index contributed by atoms with van der Waals surface area (Å²) in [6.07, 6.45) is 1.19. The molecular formula is C18H24FN3O7. The van der Waals surface area contributed by atoms with E-state index in [4.69, 9.17) is 10.2 Å². The lowest BCUT2D eigenvalue weighted by molar-refractivity contribution is -0.144. The number of aliphatic carboxylic acids is 2. The van der Waals surface area contributed by atoms with Gasteiger partial charge in [-0.2, -0.15) is 5.06 Å². The number of hydroxylamine groups is 2. The van der Waals surface area contributed by atoms with Gasteiger partial charge < -0.3 is 20.8 Å². The van der Waals surface area contributed by atoms with E-state index in [-0.39, 0.29) is 23.8 Å². The van der Waals surface area contributed by atoms with Crippen LogP contribution < -0.4 is 10.6 Å². The Hall–Kier alpha value is -3.21. The first-order valence-electron chi connectivity index (χ1n) is 8.91. The second kappa shape index (κ2) is 12.3. The Morgan fingerprint density at radius 2 is 1.72 bits per heavy atom. The standard InChI is InChI=1S/C18H24FN3O7/c19-13-6-4-12(5-7-13)3-1-2-10-20-18(28)22(29)11-15(23)21-14(17(26)27)8-9-16(24)25/h4-7,14,29H,1-3,8-11H2,(H,20,28)(H,21,23)(H,24,25)(H,26,27)/t14-/m0/s1. The summed E-state index contributed by atoms with van der Waals surface area (Å²) < 4.78 is 12.8. The lowest BCUT2D eigenvalue weighted by atomic mass is 10.1. The Kier molecular flexibility index (Phi) is 10.1. The number of carbonyl (C=O) groups excluding carboxylic acids is 2. The minimum absolute atomic E-state index is 0.103. The van der Waals surface area contributed by atoms with Crippen LogP contribution in [0.1, 0.15) is 31.2 Å². The van der Waals surface area contributed by atoms with E-state index in [2.05, 4.69) is 5.32 Å². The van der Waals surface area contributed by atoms with E-state index < -0.39 is 42.9 Å². The van der Waals surface area contributed by atoms with Crippen molar-refractivity contribution < 1.29 is 39.0 Å². The van der Waals surface area contributed by atoms with Crippen LogP contribution in [0.25, 0.3) is 0 Å². The first-order chi connectivity index (χ1) is 13.7. The van der Waals surface area contributed by atoms with Crippen LogP contribution in [0.2, 0.25) is 0 Å². The van der Waals surface area contributed by atoms with E-state index in [1.54, 1.807) is 12.1 Å². The molecule has 1 aromatic carbocycles. The second-order valence-electron chi connectivity index (χ2n) is 6.26. The van der Waals surface area contributed by atoms with Gasteiger partial charge in [-0.05, 0) is 43.4 Å². The number of carbonyl (C=O) groups is 4. The molecule has 3 amide bonds. The molecule has 0 unspecified atom stereocenters. The number of hydrogen-bond donors (Lipinski definition) is 5. The number of nitrogens with zero attached hydrogens (tertiary/aromatic N) is 1. The molecule has 1 rings (SSSR count). The minimum Gasteiger partial charge on any atom is -0.481 e. The van der Waals surface area contributed by atoms with Crippen molar-refractivity contribution in [3.8, 4) is 0 Å². The van der Waals surface area contributed by atoms with Gasteiger partial charge in [0.15, 0.2) is 0 Å². The molecule has 0 saturated heterocycles. The van der Waals surface area contributed by atoms with Crippen molar-refractivity contribution in [2.75, 3.05) is 13.1 Å². The molecule has 0 saturated carbocycles. The van der Waals surface area contributed by atoms with Gasteiger partial charge in [-0.1, -0.05) is 12.1 Å². The lowest BCUT2D eigenvalue weighted by Gasteiger charge is -2.18. The van der Waals surface area contributed by atoms with Crippen LogP contribution >= 0.6 is 0 Å². The molecule has 1 aromatic rings. The number of urea groups is 1. The number of carboxylic acid groups (broad SMARTS) is 2. The van der Waals surface area contributed by atoms with Crippen molar-refractivity contribution in [3.63, 3.8) is 0 Å². The van der Waals surface area contributed by atoms with E-state index in [1.807, 2.05) is 5.32 Å². The van der Waals surface area contributed by atoms with Gasteiger partial charge in [-0.3, -0.25) is 14.8 Å². The zero-order valence-corrected chi connectivity index (χ0v) is 15.6. The van der Waals surface area contributed by atoms with Gasteiger partial charge in [0.05, 0.1) is 0 Å². The summed E-state index contributed by atoms with van der Waals surface area (Å²) in [6, 6.07) is 3.69. The number of halogens is 1. The third-order valence-electron chi connectivity index (χ3n) is 3.89. The molecule has 0 fully saturated rings. The average Bonchev–Trinajstić information content (AvgIpc) is 2.65. The Bertz CT molecular complexity index is 712. The van der Waals surface area contributed by atoms with Crippen molar-refractivity contribution in [1.29, 1.82) is 0 Å². The van der Waals surface area contributed by atoms with E-state index in [9.17, 15) is 28.8 Å². The quantitative estimate of drug-likeness (QED) is 0.194. The lowest BCUT2D eigenvalue weighted by Crippen LogP contribution is -2.48. The van der Waals surface area contributed by atoms with Crippen LogP contribution in [-0.4, -0.2) is 63.5 Å². The van der Waals surface area contributed by atoms with E-state index in [1.165, 1.54) is 12.1 Å². The zero-order valence-electron chi connectivity index (χ0n) is 15.6. The van der Waals surface area contributed by atoms with Crippen molar-refractivity contribution in [2.45, 2.75) is 38.1 Å². The van der Waals surface area contributed by atoms with Gasteiger partial charge in [0.2, 0.25) is 5.91 Å². The fraction of sp³-hybridized carbons (Fsp3) is 0.444. The second-order valence-corrected chi connectivity index (χ2v) is 6.26. The van der Waals surface area contributed by atoms with Crippen LogP contribution in [-0.2, 0) is 20.8 Å². The first-order valence-corrected chi connectivity index (χ1v) is 8.91.